The van der Waals surface area contributed by atoms with E-state index < -0.39 is 17.5 Å². The number of benzene rings is 2. The molecule has 1 saturated heterocycles. The Labute approximate surface area is 158 Å². The molecular formula is C21H23N3O3. The van der Waals surface area contributed by atoms with E-state index in [2.05, 4.69) is 10.6 Å². The Morgan fingerprint density at radius 1 is 1.11 bits per heavy atom. The molecule has 0 saturated carbocycles. The highest BCUT2D eigenvalue weighted by atomic mass is 16.2. The summed E-state index contributed by atoms with van der Waals surface area (Å²) in [6.07, 6.45) is 0. The zero-order chi connectivity index (χ0) is 19.6. The number of carbonyl (C=O) groups excluding carboxylic acids is 3. The first-order chi connectivity index (χ1) is 12.8. The SMILES string of the molecule is Cc1ccc([C@]2(C)NC(=O)N(CC(=O)N[C@H](C)c3ccccc3)C2=O)cc1. The van der Waals surface area contributed by atoms with Crippen molar-refractivity contribution in [2.45, 2.75) is 32.4 Å². The molecule has 0 spiro atoms. The summed E-state index contributed by atoms with van der Waals surface area (Å²) in [6, 6.07) is 16.1. The smallest absolute Gasteiger partial charge is 0.325 e. The number of hydrogen-bond donors (Lipinski definition) is 2. The lowest BCUT2D eigenvalue weighted by Crippen LogP contribution is -2.43. The van der Waals surface area contributed by atoms with Crippen LogP contribution >= 0.6 is 0 Å². The van der Waals surface area contributed by atoms with Crippen LogP contribution in [0.4, 0.5) is 4.79 Å². The van der Waals surface area contributed by atoms with Gasteiger partial charge in [0.1, 0.15) is 12.1 Å². The van der Waals surface area contributed by atoms with Gasteiger partial charge in [-0.3, -0.25) is 14.5 Å². The van der Waals surface area contributed by atoms with Crippen molar-refractivity contribution >= 4 is 17.8 Å². The lowest BCUT2D eigenvalue weighted by molar-refractivity contribution is -0.135. The Morgan fingerprint density at radius 3 is 2.37 bits per heavy atom. The van der Waals surface area contributed by atoms with E-state index in [4.69, 9.17) is 0 Å². The summed E-state index contributed by atoms with van der Waals surface area (Å²) in [7, 11) is 0. The number of imide groups is 1. The first kappa shape index (κ1) is 18.6. The third kappa shape index (κ3) is 3.69. The summed E-state index contributed by atoms with van der Waals surface area (Å²) in [5.74, 6) is -0.818. The van der Waals surface area contributed by atoms with Gasteiger partial charge in [0.15, 0.2) is 0 Å². The molecule has 1 aliphatic rings. The number of nitrogens with zero attached hydrogens (tertiary/aromatic N) is 1. The van der Waals surface area contributed by atoms with Crippen LogP contribution in [0, 0.1) is 6.92 Å². The van der Waals surface area contributed by atoms with Crippen molar-refractivity contribution in [1.82, 2.24) is 15.5 Å². The predicted molar refractivity (Wildman–Crippen MR) is 102 cm³/mol. The summed E-state index contributed by atoms with van der Waals surface area (Å²) in [5, 5.41) is 5.54. The van der Waals surface area contributed by atoms with Crippen LogP contribution in [-0.2, 0) is 15.1 Å². The predicted octanol–water partition coefficient (Wildman–Crippen LogP) is 2.64. The molecule has 0 aliphatic carbocycles. The quantitative estimate of drug-likeness (QED) is 0.800. The lowest BCUT2D eigenvalue weighted by atomic mass is 9.91. The van der Waals surface area contributed by atoms with Crippen molar-refractivity contribution in [3.05, 3.63) is 71.3 Å². The molecule has 0 aromatic heterocycles. The summed E-state index contributed by atoms with van der Waals surface area (Å²) < 4.78 is 0. The van der Waals surface area contributed by atoms with Crippen LogP contribution in [0.25, 0.3) is 0 Å². The van der Waals surface area contributed by atoms with Crippen LogP contribution in [0.15, 0.2) is 54.6 Å². The Bertz CT molecular complexity index is 864. The average Bonchev–Trinajstić information content (AvgIpc) is 2.87. The average molecular weight is 365 g/mol. The van der Waals surface area contributed by atoms with Gasteiger partial charge in [-0.15, -0.1) is 0 Å². The van der Waals surface area contributed by atoms with Gasteiger partial charge < -0.3 is 10.6 Å². The molecule has 1 aliphatic heterocycles. The molecule has 6 nitrogen and oxygen atoms in total. The summed E-state index contributed by atoms with van der Waals surface area (Å²) >= 11 is 0. The molecule has 27 heavy (non-hydrogen) atoms. The molecule has 2 atom stereocenters. The molecule has 0 unspecified atom stereocenters. The second-order valence-corrected chi connectivity index (χ2v) is 7.01. The molecular weight excluding hydrogens is 342 g/mol. The van der Waals surface area contributed by atoms with Gasteiger partial charge in [-0.1, -0.05) is 60.2 Å². The van der Waals surface area contributed by atoms with E-state index in [9.17, 15) is 14.4 Å². The highest BCUT2D eigenvalue weighted by Gasteiger charge is 2.49. The van der Waals surface area contributed by atoms with Crippen LogP contribution < -0.4 is 10.6 Å². The normalized spacial score (nSPS) is 20.3. The molecule has 2 N–H and O–H groups in total. The second-order valence-electron chi connectivity index (χ2n) is 7.01. The summed E-state index contributed by atoms with van der Waals surface area (Å²) in [6.45, 7) is 5.15. The van der Waals surface area contributed by atoms with Gasteiger partial charge in [-0.05, 0) is 31.9 Å². The van der Waals surface area contributed by atoms with Crippen molar-refractivity contribution < 1.29 is 14.4 Å². The largest absolute Gasteiger partial charge is 0.348 e. The summed E-state index contributed by atoms with van der Waals surface area (Å²) in [4.78, 5) is 38.6. The van der Waals surface area contributed by atoms with Gasteiger partial charge in [0, 0.05) is 0 Å². The van der Waals surface area contributed by atoms with E-state index in [0.29, 0.717) is 5.56 Å². The number of rotatable bonds is 5. The Balaban J connectivity index is 1.70. The molecule has 0 radical (unpaired) electrons. The first-order valence-corrected chi connectivity index (χ1v) is 8.87. The fraction of sp³-hybridized carbons (Fsp3) is 0.286. The standard InChI is InChI=1S/C21H23N3O3/c1-14-9-11-17(12-10-14)21(3)19(26)24(20(27)23-21)13-18(25)22-15(2)16-7-5-4-6-8-16/h4-12,15H,13H2,1-3H3,(H,22,25)(H,23,27)/t15-,21+/m1/s1. The lowest BCUT2D eigenvalue weighted by Gasteiger charge is -2.22. The van der Waals surface area contributed by atoms with E-state index in [-0.39, 0.29) is 18.5 Å². The molecule has 4 amide bonds. The highest BCUT2D eigenvalue weighted by Crippen LogP contribution is 2.28. The van der Waals surface area contributed by atoms with Gasteiger partial charge in [0.05, 0.1) is 6.04 Å². The van der Waals surface area contributed by atoms with Crippen LogP contribution in [0.1, 0.15) is 36.6 Å². The second kappa shape index (κ2) is 7.23. The highest BCUT2D eigenvalue weighted by molar-refractivity contribution is 6.09. The molecule has 2 aromatic carbocycles. The van der Waals surface area contributed by atoms with E-state index in [0.717, 1.165) is 16.0 Å². The minimum Gasteiger partial charge on any atom is -0.348 e. The Kier molecular flexibility index (Phi) is 4.99. The minimum atomic E-state index is -1.17. The third-order valence-corrected chi connectivity index (χ3v) is 4.88. The van der Waals surface area contributed by atoms with Crippen LogP contribution in [0.3, 0.4) is 0 Å². The first-order valence-electron chi connectivity index (χ1n) is 8.87. The maximum absolute atomic E-state index is 12.9. The number of aryl methyl sites for hydroxylation is 1. The van der Waals surface area contributed by atoms with Crippen molar-refractivity contribution in [3.63, 3.8) is 0 Å². The van der Waals surface area contributed by atoms with Gasteiger partial charge in [0.2, 0.25) is 5.91 Å². The summed E-state index contributed by atoms with van der Waals surface area (Å²) in [5.41, 5.74) is 1.53. The molecule has 1 fully saturated rings. The molecule has 3 rings (SSSR count). The van der Waals surface area contributed by atoms with Crippen molar-refractivity contribution in [2.75, 3.05) is 6.54 Å². The Hall–Kier alpha value is -3.15. The van der Waals surface area contributed by atoms with Crippen molar-refractivity contribution in [3.8, 4) is 0 Å². The minimum absolute atomic E-state index is 0.219. The topological polar surface area (TPSA) is 78.5 Å². The van der Waals surface area contributed by atoms with E-state index in [1.54, 1.807) is 6.92 Å². The molecule has 2 aromatic rings. The maximum atomic E-state index is 12.9. The fourth-order valence-corrected chi connectivity index (χ4v) is 3.18. The number of carbonyl (C=O) groups is 3. The number of amides is 4. The molecule has 140 valence electrons. The molecule has 1 heterocycles. The van der Waals surface area contributed by atoms with E-state index in [1.807, 2.05) is 68.4 Å². The maximum Gasteiger partial charge on any atom is 0.325 e. The van der Waals surface area contributed by atoms with Crippen molar-refractivity contribution in [2.24, 2.45) is 0 Å². The Morgan fingerprint density at radius 2 is 1.74 bits per heavy atom. The van der Waals surface area contributed by atoms with Crippen molar-refractivity contribution in [1.29, 1.82) is 0 Å². The van der Waals surface area contributed by atoms with Gasteiger partial charge in [0.25, 0.3) is 5.91 Å². The molecule has 6 heteroatoms. The van der Waals surface area contributed by atoms with Gasteiger partial charge >= 0.3 is 6.03 Å². The van der Waals surface area contributed by atoms with E-state index >= 15 is 0 Å². The molecule has 0 bridgehead atoms. The van der Waals surface area contributed by atoms with Crippen LogP contribution in [-0.4, -0.2) is 29.3 Å². The van der Waals surface area contributed by atoms with Gasteiger partial charge in [-0.25, -0.2) is 4.79 Å². The number of hydrogen-bond acceptors (Lipinski definition) is 3. The van der Waals surface area contributed by atoms with Crippen LogP contribution in [0.5, 0.6) is 0 Å². The number of nitrogens with one attached hydrogen (secondary N) is 2. The zero-order valence-electron chi connectivity index (χ0n) is 15.7. The van der Waals surface area contributed by atoms with Gasteiger partial charge in [-0.2, -0.15) is 0 Å². The van der Waals surface area contributed by atoms with Crippen LogP contribution in [0.2, 0.25) is 0 Å². The van der Waals surface area contributed by atoms with E-state index in [1.165, 1.54) is 0 Å². The fourth-order valence-electron chi connectivity index (χ4n) is 3.18. The number of urea groups is 1. The zero-order valence-corrected chi connectivity index (χ0v) is 15.7. The monoisotopic (exact) mass is 365 g/mol. The third-order valence-electron chi connectivity index (χ3n) is 4.88.